The van der Waals surface area contributed by atoms with E-state index in [0.717, 1.165) is 12.1 Å². The molecule has 1 aromatic carbocycles. The van der Waals surface area contributed by atoms with Crippen molar-refractivity contribution in [3.05, 3.63) is 44.1 Å². The zero-order chi connectivity index (χ0) is 15.0. The fourth-order valence-electron chi connectivity index (χ4n) is 1.65. The molecule has 0 radical (unpaired) electrons. The summed E-state index contributed by atoms with van der Waals surface area (Å²) in [5, 5.41) is 39.9. The maximum atomic E-state index is 10.9. The van der Waals surface area contributed by atoms with Crippen LogP contribution in [0.1, 0.15) is 10.5 Å². The molecule has 2 N–H and O–H groups in total. The van der Waals surface area contributed by atoms with Crippen molar-refractivity contribution in [1.82, 2.24) is 4.98 Å². The van der Waals surface area contributed by atoms with E-state index in [1.165, 1.54) is 0 Å². The Morgan fingerprint density at radius 3 is 2.25 bits per heavy atom. The van der Waals surface area contributed by atoms with Gasteiger partial charge >= 0.3 is 11.7 Å². The first-order valence-corrected chi connectivity index (χ1v) is 5.01. The molecule has 0 saturated heterocycles. The van der Waals surface area contributed by atoms with Crippen LogP contribution in [0.2, 0.25) is 0 Å². The van der Waals surface area contributed by atoms with Gasteiger partial charge in [0, 0.05) is 0 Å². The Morgan fingerprint density at radius 2 is 1.75 bits per heavy atom. The lowest BCUT2D eigenvalue weighted by Gasteiger charge is -2.03. The summed E-state index contributed by atoms with van der Waals surface area (Å²) in [4.78, 5) is 34.0. The van der Waals surface area contributed by atoms with E-state index in [1.807, 2.05) is 0 Å². The number of aromatic hydroxyl groups is 1. The number of nitro groups is 2. The van der Waals surface area contributed by atoms with Gasteiger partial charge in [-0.1, -0.05) is 0 Å². The van der Waals surface area contributed by atoms with E-state index in [0.29, 0.717) is 6.07 Å². The summed E-state index contributed by atoms with van der Waals surface area (Å²) in [5.41, 5.74) is -2.57. The Kier molecular flexibility index (Phi) is 2.90. The van der Waals surface area contributed by atoms with Crippen molar-refractivity contribution in [2.24, 2.45) is 0 Å². The lowest BCUT2D eigenvalue weighted by atomic mass is 10.1. The van der Waals surface area contributed by atoms with Gasteiger partial charge < -0.3 is 10.2 Å². The molecule has 0 unspecified atom stereocenters. The maximum absolute atomic E-state index is 10.9. The average molecular weight is 279 g/mol. The molecule has 0 spiro atoms. The first-order valence-electron chi connectivity index (χ1n) is 5.01. The van der Waals surface area contributed by atoms with Gasteiger partial charge in [-0.25, -0.2) is 9.78 Å². The van der Waals surface area contributed by atoms with Gasteiger partial charge in [0.15, 0.2) is 0 Å². The van der Waals surface area contributed by atoms with E-state index in [-0.39, 0.29) is 5.39 Å². The highest BCUT2D eigenvalue weighted by Crippen LogP contribution is 2.39. The zero-order valence-corrected chi connectivity index (χ0v) is 9.51. The second-order valence-corrected chi connectivity index (χ2v) is 3.68. The molecule has 0 bridgehead atoms. The molecule has 2 aromatic rings. The van der Waals surface area contributed by atoms with Crippen LogP contribution in [0.25, 0.3) is 10.9 Å². The van der Waals surface area contributed by atoms with Gasteiger partial charge in [-0.05, 0) is 12.1 Å². The third-order valence-corrected chi connectivity index (χ3v) is 2.52. The normalized spacial score (nSPS) is 10.4. The summed E-state index contributed by atoms with van der Waals surface area (Å²) < 4.78 is 0. The first-order chi connectivity index (χ1) is 9.32. The van der Waals surface area contributed by atoms with Crippen LogP contribution in [0.15, 0.2) is 18.2 Å². The van der Waals surface area contributed by atoms with E-state index < -0.39 is 44.2 Å². The van der Waals surface area contributed by atoms with Crippen molar-refractivity contribution in [3.8, 4) is 5.75 Å². The van der Waals surface area contributed by atoms with Crippen molar-refractivity contribution in [2.45, 2.75) is 0 Å². The summed E-state index contributed by atoms with van der Waals surface area (Å²) >= 11 is 0. The number of nitro benzene ring substituents is 2. The molecule has 1 aromatic heterocycles. The minimum Gasteiger partial charge on any atom is -0.501 e. The standard InChI is InChI=1S/C10H5N3O7/c14-9-7(13(19)20)3-6(12(17)18)4-1-2-5(10(15)16)11-8(4)9/h1-3,14H,(H,15,16). The number of hydrogen-bond acceptors (Lipinski definition) is 7. The summed E-state index contributed by atoms with van der Waals surface area (Å²) in [5.74, 6) is -2.35. The minimum atomic E-state index is -1.43. The zero-order valence-electron chi connectivity index (χ0n) is 9.51. The van der Waals surface area contributed by atoms with Crippen LogP contribution < -0.4 is 0 Å². The fourth-order valence-corrected chi connectivity index (χ4v) is 1.65. The molecule has 0 saturated carbocycles. The number of carboxylic acids is 1. The largest absolute Gasteiger partial charge is 0.501 e. The van der Waals surface area contributed by atoms with Crippen molar-refractivity contribution in [1.29, 1.82) is 0 Å². The topological polar surface area (TPSA) is 157 Å². The second kappa shape index (κ2) is 4.42. The lowest BCUT2D eigenvalue weighted by Crippen LogP contribution is -2.02. The molecule has 1 heterocycles. The lowest BCUT2D eigenvalue weighted by molar-refractivity contribution is -0.393. The molecule has 0 amide bonds. The Morgan fingerprint density at radius 1 is 1.15 bits per heavy atom. The number of aromatic carboxylic acids is 1. The third kappa shape index (κ3) is 1.94. The predicted octanol–water partition coefficient (Wildman–Crippen LogP) is 1.45. The Balaban J connectivity index is 2.94. The van der Waals surface area contributed by atoms with Gasteiger partial charge in [0.25, 0.3) is 5.69 Å². The smallest absolute Gasteiger partial charge is 0.354 e. The number of non-ortho nitro benzene ring substituents is 1. The Labute approximate surface area is 109 Å². The molecule has 0 fully saturated rings. The summed E-state index contributed by atoms with van der Waals surface area (Å²) in [6, 6.07) is 2.66. The molecular weight excluding hydrogens is 274 g/mol. The number of hydrogen-bond donors (Lipinski definition) is 2. The van der Waals surface area contributed by atoms with Crippen LogP contribution >= 0.6 is 0 Å². The van der Waals surface area contributed by atoms with Crippen LogP contribution in [0.3, 0.4) is 0 Å². The van der Waals surface area contributed by atoms with Crippen molar-refractivity contribution < 1.29 is 24.9 Å². The second-order valence-electron chi connectivity index (χ2n) is 3.68. The van der Waals surface area contributed by atoms with Gasteiger partial charge in [0.05, 0.1) is 21.3 Å². The quantitative estimate of drug-likeness (QED) is 0.631. The summed E-state index contributed by atoms with van der Waals surface area (Å²) in [6.07, 6.45) is 0. The molecule has 0 atom stereocenters. The predicted molar refractivity (Wildman–Crippen MR) is 63.7 cm³/mol. The number of benzene rings is 1. The minimum absolute atomic E-state index is 0.192. The first kappa shape index (κ1) is 13.1. The molecule has 0 aliphatic heterocycles. The number of aromatic nitrogens is 1. The molecule has 0 aliphatic rings. The van der Waals surface area contributed by atoms with E-state index in [9.17, 15) is 30.1 Å². The molecular formula is C10H5N3O7. The molecule has 20 heavy (non-hydrogen) atoms. The van der Waals surface area contributed by atoms with Crippen LogP contribution in [0.5, 0.6) is 5.75 Å². The van der Waals surface area contributed by atoms with Crippen LogP contribution in [0.4, 0.5) is 11.4 Å². The van der Waals surface area contributed by atoms with Crippen LogP contribution in [0, 0.1) is 20.2 Å². The maximum Gasteiger partial charge on any atom is 0.354 e. The van der Waals surface area contributed by atoms with Gasteiger partial charge in [-0.3, -0.25) is 20.2 Å². The van der Waals surface area contributed by atoms with Gasteiger partial charge in [-0.2, -0.15) is 0 Å². The van der Waals surface area contributed by atoms with Gasteiger partial charge in [0.1, 0.15) is 11.2 Å². The highest BCUT2D eigenvalue weighted by atomic mass is 16.6. The van der Waals surface area contributed by atoms with Crippen molar-refractivity contribution >= 4 is 28.2 Å². The molecule has 10 nitrogen and oxygen atoms in total. The molecule has 2 rings (SSSR count). The number of phenols is 1. The number of carboxylic acid groups (broad SMARTS) is 1. The number of fused-ring (bicyclic) bond motifs is 1. The van der Waals surface area contributed by atoms with E-state index in [2.05, 4.69) is 4.98 Å². The van der Waals surface area contributed by atoms with Crippen molar-refractivity contribution in [3.63, 3.8) is 0 Å². The van der Waals surface area contributed by atoms with E-state index in [4.69, 9.17) is 5.11 Å². The Bertz CT molecular complexity index is 771. The van der Waals surface area contributed by atoms with Crippen LogP contribution in [-0.4, -0.2) is 31.0 Å². The number of phenolic OH excluding ortho intramolecular Hbond substituents is 1. The number of nitrogens with zero attached hydrogens (tertiary/aromatic N) is 3. The monoisotopic (exact) mass is 279 g/mol. The van der Waals surface area contributed by atoms with E-state index in [1.54, 1.807) is 0 Å². The summed E-state index contributed by atoms with van der Waals surface area (Å²) in [7, 11) is 0. The SMILES string of the molecule is O=C(O)c1ccc2c([N+](=O)[O-])cc([N+](=O)[O-])c(O)c2n1. The summed E-state index contributed by atoms with van der Waals surface area (Å²) in [6.45, 7) is 0. The highest BCUT2D eigenvalue weighted by molar-refractivity contribution is 5.98. The fraction of sp³-hybridized carbons (Fsp3) is 0. The third-order valence-electron chi connectivity index (χ3n) is 2.52. The van der Waals surface area contributed by atoms with E-state index >= 15 is 0 Å². The molecule has 0 aliphatic carbocycles. The van der Waals surface area contributed by atoms with Crippen LogP contribution in [-0.2, 0) is 0 Å². The van der Waals surface area contributed by atoms with Gasteiger partial charge in [-0.15, -0.1) is 0 Å². The average Bonchev–Trinajstić information content (AvgIpc) is 2.37. The van der Waals surface area contributed by atoms with Gasteiger partial charge in [0.2, 0.25) is 5.75 Å². The molecule has 10 heteroatoms. The number of pyridine rings is 1. The highest BCUT2D eigenvalue weighted by Gasteiger charge is 2.27. The Hall–Kier alpha value is -3.30. The number of carbonyl (C=O) groups is 1. The molecule has 102 valence electrons. The van der Waals surface area contributed by atoms with Crippen molar-refractivity contribution in [2.75, 3.05) is 0 Å². The number of rotatable bonds is 3.